The molecule has 0 amide bonds. The average molecular weight is 230 g/mol. The normalized spacial score (nSPS) is 10.2. The highest BCUT2D eigenvalue weighted by atomic mass is 19.3. The maximum Gasteiger partial charge on any atom is 0.309 e. The number of alkyl halides is 2. The van der Waals surface area contributed by atoms with E-state index in [0.717, 1.165) is 0 Å². The molecule has 1 rings (SSSR count). The van der Waals surface area contributed by atoms with Crippen molar-refractivity contribution in [3.8, 4) is 6.07 Å². The van der Waals surface area contributed by atoms with E-state index >= 15 is 0 Å². The Morgan fingerprint density at radius 1 is 1.62 bits per heavy atom. The number of halogens is 3. The highest BCUT2D eigenvalue weighted by Crippen LogP contribution is 2.21. The van der Waals surface area contributed by atoms with Gasteiger partial charge in [-0.25, -0.2) is 18.2 Å². The van der Waals surface area contributed by atoms with E-state index in [4.69, 9.17) is 10.4 Å². The molecule has 0 saturated carbocycles. The van der Waals surface area contributed by atoms with Gasteiger partial charge in [0, 0.05) is 6.07 Å². The van der Waals surface area contributed by atoms with Gasteiger partial charge in [-0.2, -0.15) is 5.26 Å². The second-order valence-corrected chi connectivity index (χ2v) is 2.83. The van der Waals surface area contributed by atoms with E-state index in [-0.39, 0.29) is 0 Å². The Hall–Kier alpha value is -2.10. The molecule has 0 aliphatic heterocycles. The third-order valence-electron chi connectivity index (χ3n) is 1.72. The van der Waals surface area contributed by atoms with Crippen molar-refractivity contribution in [3.05, 3.63) is 28.8 Å². The Morgan fingerprint density at radius 3 is 2.69 bits per heavy atom. The lowest BCUT2D eigenvalue weighted by atomic mass is 10.1. The zero-order valence-corrected chi connectivity index (χ0v) is 7.75. The van der Waals surface area contributed by atoms with Gasteiger partial charge in [0.1, 0.15) is 23.1 Å². The van der Waals surface area contributed by atoms with Crippen LogP contribution in [0.5, 0.6) is 0 Å². The molecule has 0 atom stereocenters. The first-order valence-electron chi connectivity index (χ1n) is 4.05. The summed E-state index contributed by atoms with van der Waals surface area (Å²) in [5.74, 6) is -2.57. The van der Waals surface area contributed by atoms with Gasteiger partial charge >= 0.3 is 5.97 Å². The van der Waals surface area contributed by atoms with Gasteiger partial charge in [0.2, 0.25) is 0 Å². The minimum Gasteiger partial charge on any atom is -0.481 e. The number of carboxylic acids is 1. The molecule has 0 saturated heterocycles. The molecule has 84 valence electrons. The number of rotatable bonds is 3. The van der Waals surface area contributed by atoms with Crippen molar-refractivity contribution >= 4 is 5.97 Å². The van der Waals surface area contributed by atoms with E-state index in [0.29, 0.717) is 6.07 Å². The molecule has 0 fully saturated rings. The fraction of sp³-hybridized carbons (Fsp3) is 0.222. The first-order valence-corrected chi connectivity index (χ1v) is 4.05. The van der Waals surface area contributed by atoms with Crippen molar-refractivity contribution in [2.24, 2.45) is 0 Å². The number of hydrogen-bond donors (Lipinski definition) is 1. The second kappa shape index (κ2) is 4.61. The predicted octanol–water partition coefficient (Wildman–Crippen LogP) is 1.66. The molecule has 0 aliphatic rings. The molecular formula is C9H5F3N2O2. The number of carbonyl (C=O) groups is 1. The predicted molar refractivity (Wildman–Crippen MR) is 45.2 cm³/mol. The van der Waals surface area contributed by atoms with Crippen molar-refractivity contribution < 1.29 is 23.1 Å². The Balaban J connectivity index is 3.32. The van der Waals surface area contributed by atoms with Crippen LogP contribution in [0, 0.1) is 17.1 Å². The zero-order valence-electron chi connectivity index (χ0n) is 7.75. The summed E-state index contributed by atoms with van der Waals surface area (Å²) in [6.07, 6.45) is -3.80. The number of pyridine rings is 1. The van der Waals surface area contributed by atoms with Crippen LogP contribution in [-0.4, -0.2) is 16.1 Å². The molecule has 4 nitrogen and oxygen atoms in total. The van der Waals surface area contributed by atoms with Crippen molar-refractivity contribution in [1.82, 2.24) is 4.98 Å². The van der Waals surface area contributed by atoms with E-state index in [1.54, 1.807) is 0 Å². The molecule has 0 bridgehead atoms. The molecule has 1 aromatic heterocycles. The molecule has 1 N–H and O–H groups in total. The largest absolute Gasteiger partial charge is 0.481 e. The van der Waals surface area contributed by atoms with E-state index in [1.807, 2.05) is 0 Å². The van der Waals surface area contributed by atoms with E-state index in [2.05, 4.69) is 4.98 Å². The Bertz CT molecular complexity index is 469. The van der Waals surface area contributed by atoms with Crippen molar-refractivity contribution in [2.75, 3.05) is 0 Å². The topological polar surface area (TPSA) is 74.0 Å². The van der Waals surface area contributed by atoms with Crippen LogP contribution in [-0.2, 0) is 11.2 Å². The summed E-state index contributed by atoms with van der Waals surface area (Å²) in [6, 6.07) is 1.81. The summed E-state index contributed by atoms with van der Waals surface area (Å²) in [7, 11) is 0. The van der Waals surface area contributed by atoms with Gasteiger partial charge in [0.05, 0.1) is 12.1 Å². The maximum atomic E-state index is 13.1. The third-order valence-corrected chi connectivity index (χ3v) is 1.72. The van der Waals surface area contributed by atoms with Crippen LogP contribution in [0.15, 0.2) is 6.07 Å². The van der Waals surface area contributed by atoms with Gasteiger partial charge in [-0.05, 0) is 0 Å². The van der Waals surface area contributed by atoms with Gasteiger partial charge in [-0.3, -0.25) is 4.79 Å². The van der Waals surface area contributed by atoms with Crippen LogP contribution in [0.3, 0.4) is 0 Å². The minimum atomic E-state index is -3.02. The first-order chi connectivity index (χ1) is 7.45. The lowest BCUT2D eigenvalue weighted by Crippen LogP contribution is -2.09. The van der Waals surface area contributed by atoms with Crippen LogP contribution >= 0.6 is 0 Å². The van der Waals surface area contributed by atoms with E-state index < -0.39 is 41.6 Å². The quantitative estimate of drug-likeness (QED) is 0.856. The zero-order chi connectivity index (χ0) is 12.3. The Labute approximate surface area is 88.0 Å². The second-order valence-electron chi connectivity index (χ2n) is 2.83. The minimum absolute atomic E-state index is 0.425. The molecule has 0 unspecified atom stereocenters. The number of aliphatic carboxylic acids is 1. The summed E-state index contributed by atoms with van der Waals surface area (Å²) < 4.78 is 37.6. The SMILES string of the molecule is N#Cc1c(F)cc(C(F)F)nc1CC(=O)O. The van der Waals surface area contributed by atoms with Crippen LogP contribution in [0.1, 0.15) is 23.4 Å². The molecule has 1 heterocycles. The summed E-state index contributed by atoms with van der Waals surface area (Å²) in [4.78, 5) is 13.6. The lowest BCUT2D eigenvalue weighted by molar-refractivity contribution is -0.136. The third kappa shape index (κ3) is 2.48. The van der Waals surface area contributed by atoms with Crippen LogP contribution in [0.2, 0.25) is 0 Å². The van der Waals surface area contributed by atoms with Gasteiger partial charge in [-0.1, -0.05) is 0 Å². The molecular weight excluding hydrogens is 225 g/mol. The van der Waals surface area contributed by atoms with Gasteiger partial charge in [-0.15, -0.1) is 0 Å². The number of nitriles is 1. The van der Waals surface area contributed by atoms with Crippen molar-refractivity contribution in [2.45, 2.75) is 12.8 Å². The van der Waals surface area contributed by atoms with Crippen molar-refractivity contribution in [3.63, 3.8) is 0 Å². The maximum absolute atomic E-state index is 13.1. The van der Waals surface area contributed by atoms with Crippen LogP contribution in [0.4, 0.5) is 13.2 Å². The summed E-state index contributed by atoms with van der Waals surface area (Å²) in [5, 5.41) is 17.0. The smallest absolute Gasteiger partial charge is 0.309 e. The lowest BCUT2D eigenvalue weighted by Gasteiger charge is -2.05. The Kier molecular flexibility index (Phi) is 3.45. The summed E-state index contributed by atoms with van der Waals surface area (Å²) >= 11 is 0. The molecule has 0 spiro atoms. The van der Waals surface area contributed by atoms with E-state index in [1.165, 1.54) is 6.07 Å². The highest BCUT2D eigenvalue weighted by molar-refractivity contribution is 5.70. The van der Waals surface area contributed by atoms with Crippen molar-refractivity contribution in [1.29, 1.82) is 5.26 Å². The number of nitrogens with zero attached hydrogens (tertiary/aromatic N) is 2. The number of carboxylic acid groups (broad SMARTS) is 1. The van der Waals surface area contributed by atoms with E-state index in [9.17, 15) is 18.0 Å². The summed E-state index contributed by atoms with van der Waals surface area (Å²) in [6.45, 7) is 0. The van der Waals surface area contributed by atoms with Gasteiger partial charge in [0.15, 0.2) is 0 Å². The summed E-state index contributed by atoms with van der Waals surface area (Å²) in [5.41, 5.74) is -2.00. The Morgan fingerprint density at radius 2 is 2.25 bits per heavy atom. The molecule has 0 aliphatic carbocycles. The number of hydrogen-bond acceptors (Lipinski definition) is 3. The molecule has 0 aromatic carbocycles. The fourth-order valence-corrected chi connectivity index (χ4v) is 1.08. The molecule has 16 heavy (non-hydrogen) atoms. The molecule has 7 heteroatoms. The average Bonchev–Trinajstić information content (AvgIpc) is 2.16. The molecule has 0 radical (unpaired) electrons. The van der Waals surface area contributed by atoms with Crippen LogP contribution < -0.4 is 0 Å². The highest BCUT2D eigenvalue weighted by Gasteiger charge is 2.19. The van der Waals surface area contributed by atoms with Gasteiger partial charge < -0.3 is 5.11 Å². The fourth-order valence-electron chi connectivity index (χ4n) is 1.08. The first kappa shape index (κ1) is 12.0. The standard InChI is InChI=1S/C9H5F3N2O2/c10-5-1-7(9(11)12)14-6(2-8(15)16)4(5)3-13/h1,9H,2H2,(H,15,16). The monoisotopic (exact) mass is 230 g/mol. The van der Waals surface area contributed by atoms with Gasteiger partial charge in [0.25, 0.3) is 6.43 Å². The van der Waals surface area contributed by atoms with Crippen LogP contribution in [0.25, 0.3) is 0 Å². The molecule has 1 aromatic rings. The number of aromatic nitrogens is 1.